The van der Waals surface area contributed by atoms with Crippen molar-refractivity contribution in [1.82, 2.24) is 10.2 Å². The van der Waals surface area contributed by atoms with Gasteiger partial charge in [-0.2, -0.15) is 13.2 Å². The number of alkyl halides is 3. The summed E-state index contributed by atoms with van der Waals surface area (Å²) in [6.07, 6.45) is -2.58. The van der Waals surface area contributed by atoms with Crippen LogP contribution in [0.3, 0.4) is 0 Å². The van der Waals surface area contributed by atoms with E-state index >= 15 is 0 Å². The van der Waals surface area contributed by atoms with Crippen molar-refractivity contribution < 1.29 is 18.0 Å². The number of carbonyl (C=O) groups is 1. The maximum absolute atomic E-state index is 12.9. The molecule has 0 saturated carbocycles. The Morgan fingerprint density at radius 1 is 1.04 bits per heavy atom. The Morgan fingerprint density at radius 2 is 1.63 bits per heavy atom. The van der Waals surface area contributed by atoms with Crippen LogP contribution in [0.5, 0.6) is 0 Å². The van der Waals surface area contributed by atoms with Gasteiger partial charge in [0.2, 0.25) is 0 Å². The molecule has 0 radical (unpaired) electrons. The van der Waals surface area contributed by atoms with Crippen molar-refractivity contribution in [2.24, 2.45) is 0 Å². The van der Waals surface area contributed by atoms with Crippen LogP contribution in [0.25, 0.3) is 11.1 Å². The standard InChI is InChI=1S/C20H21F3N2O.ClH/c1-24-16-10-12-25(13-11-16)19(26)18-5-3-2-4-17(18)14-6-8-15(9-7-14)20(21,22)23;/h2-9,16,24H,10-13H2,1H3;1H. The van der Waals surface area contributed by atoms with E-state index in [0.717, 1.165) is 25.0 Å². The molecule has 1 N–H and O–H groups in total. The van der Waals surface area contributed by atoms with Crippen LogP contribution in [0, 0.1) is 0 Å². The highest BCUT2D eigenvalue weighted by Gasteiger charge is 2.30. The van der Waals surface area contributed by atoms with Crippen molar-refractivity contribution in [3.05, 3.63) is 59.7 Å². The van der Waals surface area contributed by atoms with Crippen LogP contribution < -0.4 is 5.32 Å². The molecule has 7 heteroatoms. The largest absolute Gasteiger partial charge is 0.416 e. The maximum atomic E-state index is 12.9. The molecule has 2 aromatic carbocycles. The summed E-state index contributed by atoms with van der Waals surface area (Å²) >= 11 is 0. The highest BCUT2D eigenvalue weighted by atomic mass is 35.5. The van der Waals surface area contributed by atoms with E-state index in [1.54, 1.807) is 24.3 Å². The zero-order valence-corrected chi connectivity index (χ0v) is 15.7. The van der Waals surface area contributed by atoms with E-state index in [0.29, 0.717) is 35.8 Å². The number of amides is 1. The number of likely N-dealkylation sites (tertiary alicyclic amines) is 1. The molecule has 3 rings (SSSR count). The van der Waals surface area contributed by atoms with Gasteiger partial charge in [-0.1, -0.05) is 30.3 Å². The molecule has 1 amide bonds. The Kier molecular flexibility index (Phi) is 6.89. The number of hydrogen-bond acceptors (Lipinski definition) is 2. The summed E-state index contributed by atoms with van der Waals surface area (Å²) in [5.41, 5.74) is 1.09. The quantitative estimate of drug-likeness (QED) is 0.818. The molecule has 1 fully saturated rings. The van der Waals surface area contributed by atoms with Gasteiger partial charge >= 0.3 is 6.18 Å². The lowest BCUT2D eigenvalue weighted by atomic mass is 9.96. The number of carbonyl (C=O) groups excluding carboxylic acids is 1. The summed E-state index contributed by atoms with van der Waals surface area (Å²) in [5, 5.41) is 3.23. The normalized spacial score (nSPS) is 15.3. The molecule has 1 aliphatic rings. The van der Waals surface area contributed by atoms with Gasteiger partial charge in [-0.15, -0.1) is 12.4 Å². The van der Waals surface area contributed by atoms with Crippen LogP contribution in [0.15, 0.2) is 48.5 Å². The summed E-state index contributed by atoms with van der Waals surface area (Å²) in [6, 6.07) is 12.4. The topological polar surface area (TPSA) is 32.3 Å². The van der Waals surface area contributed by atoms with E-state index in [1.165, 1.54) is 12.1 Å². The van der Waals surface area contributed by atoms with Crippen molar-refractivity contribution in [3.8, 4) is 11.1 Å². The zero-order chi connectivity index (χ0) is 18.7. The minimum absolute atomic E-state index is 0. The zero-order valence-electron chi connectivity index (χ0n) is 14.9. The lowest BCUT2D eigenvalue weighted by Gasteiger charge is -2.32. The maximum Gasteiger partial charge on any atom is 0.416 e. The van der Waals surface area contributed by atoms with E-state index in [9.17, 15) is 18.0 Å². The van der Waals surface area contributed by atoms with Gasteiger partial charge in [0.25, 0.3) is 5.91 Å². The van der Waals surface area contributed by atoms with Gasteiger partial charge in [0.15, 0.2) is 0 Å². The predicted molar refractivity (Wildman–Crippen MR) is 102 cm³/mol. The molecule has 0 unspecified atom stereocenters. The van der Waals surface area contributed by atoms with Gasteiger partial charge in [-0.3, -0.25) is 4.79 Å². The summed E-state index contributed by atoms with van der Waals surface area (Å²) in [7, 11) is 1.92. The number of hydrogen-bond donors (Lipinski definition) is 1. The Morgan fingerprint density at radius 3 is 2.19 bits per heavy atom. The van der Waals surface area contributed by atoms with Crippen molar-refractivity contribution in [3.63, 3.8) is 0 Å². The van der Waals surface area contributed by atoms with Gasteiger partial charge in [-0.05, 0) is 49.2 Å². The summed E-state index contributed by atoms with van der Waals surface area (Å²) in [5.74, 6) is -0.0740. The van der Waals surface area contributed by atoms with Gasteiger partial charge in [0, 0.05) is 24.7 Å². The Balaban J connectivity index is 0.00000261. The SMILES string of the molecule is CNC1CCN(C(=O)c2ccccc2-c2ccc(C(F)(F)F)cc2)CC1.Cl. The van der Waals surface area contributed by atoms with E-state index in [2.05, 4.69) is 5.32 Å². The monoisotopic (exact) mass is 398 g/mol. The van der Waals surface area contributed by atoms with Gasteiger partial charge < -0.3 is 10.2 Å². The molecule has 1 aliphatic heterocycles. The molecule has 27 heavy (non-hydrogen) atoms. The highest BCUT2D eigenvalue weighted by Crippen LogP contribution is 2.32. The number of nitrogens with one attached hydrogen (secondary N) is 1. The Hall–Kier alpha value is -2.05. The molecular formula is C20H22ClF3N2O. The van der Waals surface area contributed by atoms with Crippen molar-refractivity contribution in [2.75, 3.05) is 20.1 Å². The fourth-order valence-corrected chi connectivity index (χ4v) is 3.30. The first-order chi connectivity index (χ1) is 12.4. The van der Waals surface area contributed by atoms with Crippen molar-refractivity contribution in [1.29, 1.82) is 0 Å². The van der Waals surface area contributed by atoms with Crippen LogP contribution in [-0.2, 0) is 6.18 Å². The third-order valence-electron chi connectivity index (χ3n) is 4.87. The van der Waals surface area contributed by atoms with E-state index < -0.39 is 11.7 Å². The van der Waals surface area contributed by atoms with E-state index in [4.69, 9.17) is 0 Å². The second kappa shape index (κ2) is 8.76. The molecular weight excluding hydrogens is 377 g/mol. The van der Waals surface area contributed by atoms with Crippen molar-refractivity contribution in [2.45, 2.75) is 25.1 Å². The van der Waals surface area contributed by atoms with Crippen LogP contribution >= 0.6 is 12.4 Å². The number of piperidine rings is 1. The first kappa shape index (κ1) is 21.3. The minimum Gasteiger partial charge on any atom is -0.339 e. The number of halogens is 4. The average molecular weight is 399 g/mol. The van der Waals surface area contributed by atoms with E-state index in [1.807, 2.05) is 11.9 Å². The van der Waals surface area contributed by atoms with Crippen LogP contribution in [0.4, 0.5) is 13.2 Å². The third kappa shape index (κ3) is 4.82. The fraction of sp³-hybridized carbons (Fsp3) is 0.350. The lowest BCUT2D eigenvalue weighted by Crippen LogP contribution is -2.44. The summed E-state index contributed by atoms with van der Waals surface area (Å²) in [6.45, 7) is 1.34. The smallest absolute Gasteiger partial charge is 0.339 e. The minimum atomic E-state index is -4.37. The Bertz CT molecular complexity index is 770. The number of benzene rings is 2. The second-order valence-electron chi connectivity index (χ2n) is 6.48. The molecule has 2 aromatic rings. The second-order valence-corrected chi connectivity index (χ2v) is 6.48. The number of rotatable bonds is 3. The van der Waals surface area contributed by atoms with Crippen molar-refractivity contribution >= 4 is 18.3 Å². The number of nitrogens with zero attached hydrogens (tertiary/aromatic N) is 1. The molecule has 1 saturated heterocycles. The van der Waals surface area contributed by atoms with Crippen LogP contribution in [0.2, 0.25) is 0 Å². The molecule has 3 nitrogen and oxygen atoms in total. The van der Waals surface area contributed by atoms with Gasteiger partial charge in [-0.25, -0.2) is 0 Å². The third-order valence-corrected chi connectivity index (χ3v) is 4.87. The highest BCUT2D eigenvalue weighted by molar-refractivity contribution is 6.01. The summed E-state index contributed by atoms with van der Waals surface area (Å²) < 4.78 is 38.3. The molecule has 0 aromatic heterocycles. The average Bonchev–Trinajstić information content (AvgIpc) is 2.67. The molecule has 146 valence electrons. The summed E-state index contributed by atoms with van der Waals surface area (Å²) in [4.78, 5) is 14.8. The molecule has 1 heterocycles. The van der Waals surface area contributed by atoms with Crippen LogP contribution in [-0.4, -0.2) is 37.0 Å². The first-order valence-electron chi connectivity index (χ1n) is 8.63. The Labute approximate surface area is 163 Å². The predicted octanol–water partition coefficient (Wildman–Crippen LogP) is 4.62. The molecule has 0 spiro atoms. The lowest BCUT2D eigenvalue weighted by molar-refractivity contribution is -0.137. The molecule has 0 aliphatic carbocycles. The first-order valence-corrected chi connectivity index (χ1v) is 8.63. The van der Waals surface area contributed by atoms with E-state index in [-0.39, 0.29) is 18.3 Å². The molecule has 0 atom stereocenters. The molecule has 0 bridgehead atoms. The fourth-order valence-electron chi connectivity index (χ4n) is 3.30. The van der Waals surface area contributed by atoms with Crippen LogP contribution in [0.1, 0.15) is 28.8 Å². The van der Waals surface area contributed by atoms with Gasteiger partial charge in [0.05, 0.1) is 5.56 Å². The van der Waals surface area contributed by atoms with Gasteiger partial charge in [0.1, 0.15) is 0 Å².